The number of aliphatic hydroxyl groups is 1. The van der Waals surface area contributed by atoms with Gasteiger partial charge in [-0.1, -0.05) is 42.5 Å². The van der Waals surface area contributed by atoms with Gasteiger partial charge in [0.25, 0.3) is 5.91 Å². The van der Waals surface area contributed by atoms with Gasteiger partial charge in [-0.25, -0.2) is 4.79 Å². The number of para-hydroxylation sites is 2. The Morgan fingerprint density at radius 1 is 1.00 bits per heavy atom. The van der Waals surface area contributed by atoms with Crippen molar-refractivity contribution >= 4 is 36.1 Å². The van der Waals surface area contributed by atoms with E-state index in [9.17, 15) is 14.7 Å². The summed E-state index contributed by atoms with van der Waals surface area (Å²) in [5.41, 5.74) is 2.13. The highest BCUT2D eigenvalue weighted by atomic mass is 35.5. The van der Waals surface area contributed by atoms with Crippen molar-refractivity contribution in [2.24, 2.45) is 0 Å². The Morgan fingerprint density at radius 2 is 1.68 bits per heavy atom. The smallest absolute Gasteiger partial charge is 0.329 e. The van der Waals surface area contributed by atoms with Crippen molar-refractivity contribution in [3.63, 3.8) is 0 Å². The number of amides is 3. The molecule has 0 aromatic heterocycles. The monoisotopic (exact) mass is 486 g/mol. The average molecular weight is 487 g/mol. The van der Waals surface area contributed by atoms with Crippen LogP contribution >= 0.6 is 12.4 Å². The summed E-state index contributed by atoms with van der Waals surface area (Å²) in [5, 5.41) is 13.2. The number of imide groups is 1. The van der Waals surface area contributed by atoms with Gasteiger partial charge >= 0.3 is 6.03 Å². The Morgan fingerprint density at radius 3 is 2.38 bits per heavy atom. The molecule has 2 fully saturated rings. The van der Waals surface area contributed by atoms with Crippen molar-refractivity contribution in [3.8, 4) is 5.75 Å². The first kappa shape index (κ1) is 25.6. The van der Waals surface area contributed by atoms with Gasteiger partial charge in [-0.15, -0.1) is 12.4 Å². The van der Waals surface area contributed by atoms with Crippen molar-refractivity contribution in [1.82, 2.24) is 15.1 Å². The standard InChI is InChI=1S/C25H30N4O4.ClH/c1-2-33-23-11-7-6-10-22(23)28-14-12-27(13-15-28)17-20(30)18-29-24(31)21(26-25(29)32)16-19-8-4-3-5-9-19;/h3-11,16,20,30H,2,12-15,17-18H2,1H3,(H,26,32);1H/b21-16-;. The molecule has 2 aromatic rings. The molecule has 2 N–H and O–H groups in total. The maximum Gasteiger partial charge on any atom is 0.329 e. The third-order valence-corrected chi connectivity index (χ3v) is 5.81. The lowest BCUT2D eigenvalue weighted by Gasteiger charge is -2.37. The van der Waals surface area contributed by atoms with E-state index in [4.69, 9.17) is 4.74 Å². The normalized spacial score (nSPS) is 18.6. The molecule has 2 aliphatic heterocycles. The number of halogens is 1. The molecule has 8 nitrogen and oxygen atoms in total. The highest BCUT2D eigenvalue weighted by Crippen LogP contribution is 2.28. The number of urea groups is 1. The summed E-state index contributed by atoms with van der Waals surface area (Å²) in [7, 11) is 0. The fourth-order valence-corrected chi connectivity index (χ4v) is 4.19. The second-order valence-corrected chi connectivity index (χ2v) is 8.16. The van der Waals surface area contributed by atoms with Gasteiger partial charge in [0.15, 0.2) is 0 Å². The van der Waals surface area contributed by atoms with Crippen LogP contribution in [-0.4, -0.2) is 78.8 Å². The molecule has 2 saturated heterocycles. The lowest BCUT2D eigenvalue weighted by atomic mass is 10.2. The molecular weight excluding hydrogens is 456 g/mol. The lowest BCUT2D eigenvalue weighted by molar-refractivity contribution is -0.124. The van der Waals surface area contributed by atoms with Gasteiger partial charge in [-0.3, -0.25) is 14.6 Å². The zero-order valence-corrected chi connectivity index (χ0v) is 20.0. The first-order valence-corrected chi connectivity index (χ1v) is 11.3. The molecular formula is C25H31ClN4O4. The molecule has 1 unspecified atom stereocenters. The van der Waals surface area contributed by atoms with Crippen LogP contribution in [0.5, 0.6) is 5.75 Å². The van der Waals surface area contributed by atoms with Crippen LogP contribution in [0.15, 0.2) is 60.3 Å². The number of anilines is 1. The van der Waals surface area contributed by atoms with Crippen molar-refractivity contribution in [2.75, 3.05) is 50.8 Å². The fraction of sp³-hybridized carbons (Fsp3) is 0.360. The number of hydrogen-bond donors (Lipinski definition) is 2. The van der Waals surface area contributed by atoms with Crippen LogP contribution in [0.2, 0.25) is 0 Å². The molecule has 0 bridgehead atoms. The van der Waals surface area contributed by atoms with Gasteiger partial charge in [0.05, 0.1) is 24.9 Å². The number of aliphatic hydroxyl groups excluding tert-OH is 1. The van der Waals surface area contributed by atoms with Crippen LogP contribution in [0.1, 0.15) is 12.5 Å². The van der Waals surface area contributed by atoms with E-state index < -0.39 is 18.0 Å². The number of piperazine rings is 1. The maximum absolute atomic E-state index is 12.7. The Labute approximate surface area is 206 Å². The molecule has 1 atom stereocenters. The molecule has 0 spiro atoms. The summed E-state index contributed by atoms with van der Waals surface area (Å²) in [6.45, 7) is 6.12. The molecule has 9 heteroatoms. The topological polar surface area (TPSA) is 85.3 Å². The van der Waals surface area contributed by atoms with Crippen LogP contribution in [0.3, 0.4) is 0 Å². The summed E-state index contributed by atoms with van der Waals surface area (Å²) < 4.78 is 5.75. The second kappa shape index (κ2) is 11.9. The predicted molar refractivity (Wildman–Crippen MR) is 134 cm³/mol. The van der Waals surface area contributed by atoms with E-state index in [1.165, 1.54) is 0 Å². The number of carbonyl (C=O) groups excluding carboxylic acids is 2. The van der Waals surface area contributed by atoms with Gasteiger partial charge in [0.1, 0.15) is 11.4 Å². The highest BCUT2D eigenvalue weighted by Gasteiger charge is 2.35. The summed E-state index contributed by atoms with van der Waals surface area (Å²) in [4.78, 5) is 30.5. The summed E-state index contributed by atoms with van der Waals surface area (Å²) in [6.07, 6.45) is 0.824. The molecule has 34 heavy (non-hydrogen) atoms. The van der Waals surface area contributed by atoms with Crippen molar-refractivity contribution in [2.45, 2.75) is 13.0 Å². The minimum Gasteiger partial charge on any atom is -0.492 e. The maximum atomic E-state index is 12.7. The van der Waals surface area contributed by atoms with E-state index in [0.29, 0.717) is 13.2 Å². The minimum absolute atomic E-state index is 0. The molecule has 2 aromatic carbocycles. The van der Waals surface area contributed by atoms with Gasteiger partial charge in [0.2, 0.25) is 0 Å². The third-order valence-electron chi connectivity index (χ3n) is 5.81. The molecule has 3 amide bonds. The number of β-amino-alcohol motifs (C(OH)–C–C–N with tert-alkyl or cyclic N) is 1. The van der Waals surface area contributed by atoms with E-state index in [1.807, 2.05) is 55.5 Å². The summed E-state index contributed by atoms with van der Waals surface area (Å²) in [6, 6.07) is 16.8. The van der Waals surface area contributed by atoms with Crippen molar-refractivity contribution in [1.29, 1.82) is 0 Å². The average Bonchev–Trinajstić information content (AvgIpc) is 3.08. The van der Waals surface area contributed by atoms with E-state index in [2.05, 4.69) is 21.2 Å². The first-order chi connectivity index (χ1) is 16.0. The van der Waals surface area contributed by atoms with Gasteiger partial charge in [-0.2, -0.15) is 0 Å². The van der Waals surface area contributed by atoms with Gasteiger partial charge < -0.3 is 20.1 Å². The van der Waals surface area contributed by atoms with Crippen molar-refractivity contribution in [3.05, 3.63) is 65.9 Å². The number of benzene rings is 2. The van der Waals surface area contributed by atoms with Crippen LogP contribution in [0.4, 0.5) is 10.5 Å². The zero-order chi connectivity index (χ0) is 23.2. The Balaban J connectivity index is 0.00000324. The Kier molecular flexibility index (Phi) is 8.92. The quantitative estimate of drug-likeness (QED) is 0.440. The second-order valence-electron chi connectivity index (χ2n) is 8.16. The molecule has 0 radical (unpaired) electrons. The molecule has 0 aliphatic carbocycles. The zero-order valence-electron chi connectivity index (χ0n) is 19.2. The molecule has 2 heterocycles. The predicted octanol–water partition coefficient (Wildman–Crippen LogP) is 2.58. The molecule has 0 saturated carbocycles. The lowest BCUT2D eigenvalue weighted by Crippen LogP contribution is -2.50. The Bertz CT molecular complexity index is 1010. The summed E-state index contributed by atoms with van der Waals surface area (Å²) in [5.74, 6) is 0.464. The number of carbonyl (C=O) groups is 2. The van der Waals surface area contributed by atoms with E-state index in [1.54, 1.807) is 6.08 Å². The van der Waals surface area contributed by atoms with Crippen LogP contribution in [-0.2, 0) is 4.79 Å². The highest BCUT2D eigenvalue weighted by molar-refractivity contribution is 6.14. The minimum atomic E-state index is -0.821. The van der Waals surface area contributed by atoms with E-state index in [0.717, 1.165) is 48.1 Å². The Hall–Kier alpha value is -3.07. The molecule has 182 valence electrons. The van der Waals surface area contributed by atoms with E-state index >= 15 is 0 Å². The first-order valence-electron chi connectivity index (χ1n) is 11.3. The number of ether oxygens (including phenoxy) is 1. The SMILES string of the molecule is CCOc1ccccc1N1CCN(CC(O)CN2C(=O)N/C(=C\c3ccccc3)C2=O)CC1.Cl. The van der Waals surface area contributed by atoms with E-state index in [-0.39, 0.29) is 24.6 Å². The van der Waals surface area contributed by atoms with Crippen molar-refractivity contribution < 1.29 is 19.4 Å². The van der Waals surface area contributed by atoms with Crippen LogP contribution in [0, 0.1) is 0 Å². The van der Waals surface area contributed by atoms with Gasteiger partial charge in [0, 0.05) is 32.7 Å². The number of hydrogen-bond acceptors (Lipinski definition) is 6. The van der Waals surface area contributed by atoms with Crippen LogP contribution < -0.4 is 15.0 Å². The van der Waals surface area contributed by atoms with Gasteiger partial charge in [-0.05, 0) is 30.7 Å². The summed E-state index contributed by atoms with van der Waals surface area (Å²) >= 11 is 0. The molecule has 2 aliphatic rings. The third kappa shape index (κ3) is 6.08. The number of nitrogens with zero attached hydrogens (tertiary/aromatic N) is 3. The number of nitrogens with one attached hydrogen (secondary N) is 1. The van der Waals surface area contributed by atoms with Crippen LogP contribution in [0.25, 0.3) is 6.08 Å². The molecule has 4 rings (SSSR count). The largest absolute Gasteiger partial charge is 0.492 e. The fourth-order valence-electron chi connectivity index (χ4n) is 4.19. The number of rotatable bonds is 8.